The van der Waals surface area contributed by atoms with Crippen LogP contribution in [-0.2, 0) is 0 Å². The summed E-state index contributed by atoms with van der Waals surface area (Å²) in [5.74, 6) is 1.78. The van der Waals surface area contributed by atoms with Gasteiger partial charge in [0.25, 0.3) is 0 Å². The lowest BCUT2D eigenvalue weighted by molar-refractivity contribution is 0.301. The number of anilines is 3. The maximum atomic E-state index is 9.08. The molecule has 0 aliphatic heterocycles. The molecule has 1 aromatic rings. The van der Waals surface area contributed by atoms with Crippen LogP contribution in [0.3, 0.4) is 0 Å². The number of aliphatic hydroxyl groups is 1. The Hall–Kier alpha value is -1.63. The molecule has 108 valence electrons. The van der Waals surface area contributed by atoms with Crippen molar-refractivity contribution in [1.29, 1.82) is 0 Å². The van der Waals surface area contributed by atoms with Gasteiger partial charge in [0.15, 0.2) is 0 Å². The summed E-state index contributed by atoms with van der Waals surface area (Å²) >= 11 is 0. The summed E-state index contributed by atoms with van der Waals surface area (Å²) in [5, 5.41) is 12.3. The number of rotatable bonds is 8. The van der Waals surface area contributed by atoms with Crippen molar-refractivity contribution in [3.05, 3.63) is 0 Å². The van der Waals surface area contributed by atoms with E-state index in [1.807, 2.05) is 30.8 Å². The second-order valence-corrected chi connectivity index (χ2v) is 4.38. The average Bonchev–Trinajstić information content (AvgIpc) is 2.42. The molecule has 0 spiro atoms. The molecule has 1 heterocycles. The highest BCUT2D eigenvalue weighted by Gasteiger charge is 2.12. The Morgan fingerprint density at radius 3 is 2.32 bits per heavy atom. The van der Waals surface area contributed by atoms with Crippen LogP contribution in [0.25, 0.3) is 0 Å². The van der Waals surface area contributed by atoms with Gasteiger partial charge in [-0.15, -0.1) is 0 Å². The highest BCUT2D eigenvalue weighted by atomic mass is 16.3. The van der Waals surface area contributed by atoms with Crippen molar-refractivity contribution in [3.63, 3.8) is 0 Å². The largest absolute Gasteiger partial charge is 0.395 e. The van der Waals surface area contributed by atoms with E-state index >= 15 is 0 Å². The van der Waals surface area contributed by atoms with E-state index in [-0.39, 0.29) is 6.61 Å². The van der Waals surface area contributed by atoms with Crippen LogP contribution < -0.4 is 15.1 Å². The van der Waals surface area contributed by atoms with Gasteiger partial charge in [-0.3, -0.25) is 0 Å². The summed E-state index contributed by atoms with van der Waals surface area (Å²) < 4.78 is 0. The quantitative estimate of drug-likeness (QED) is 0.714. The van der Waals surface area contributed by atoms with E-state index in [1.54, 1.807) is 0 Å². The molecule has 0 aliphatic carbocycles. The van der Waals surface area contributed by atoms with Crippen LogP contribution in [0.1, 0.15) is 20.3 Å². The van der Waals surface area contributed by atoms with Gasteiger partial charge in [0.2, 0.25) is 17.8 Å². The molecule has 0 bridgehead atoms. The van der Waals surface area contributed by atoms with Crippen LogP contribution in [0.2, 0.25) is 0 Å². The Kier molecular flexibility index (Phi) is 6.27. The minimum Gasteiger partial charge on any atom is -0.395 e. The van der Waals surface area contributed by atoms with Gasteiger partial charge < -0.3 is 20.2 Å². The van der Waals surface area contributed by atoms with E-state index in [2.05, 4.69) is 27.2 Å². The number of nitrogens with zero attached hydrogens (tertiary/aromatic N) is 5. The zero-order chi connectivity index (χ0) is 14.3. The maximum absolute atomic E-state index is 9.08. The molecule has 0 saturated carbocycles. The fourth-order valence-electron chi connectivity index (χ4n) is 1.53. The van der Waals surface area contributed by atoms with Gasteiger partial charge in [0.05, 0.1) is 6.61 Å². The predicted octanol–water partition coefficient (Wildman–Crippen LogP) is 0.578. The van der Waals surface area contributed by atoms with E-state index in [9.17, 15) is 0 Å². The first-order valence-electron chi connectivity index (χ1n) is 6.65. The normalized spacial score (nSPS) is 10.4. The third-order valence-electron chi connectivity index (χ3n) is 2.58. The van der Waals surface area contributed by atoms with Crippen molar-refractivity contribution in [2.24, 2.45) is 0 Å². The molecule has 7 nitrogen and oxygen atoms in total. The second-order valence-electron chi connectivity index (χ2n) is 4.38. The molecule has 0 fully saturated rings. The molecule has 0 radical (unpaired) electrons. The number of nitrogens with one attached hydrogen (secondary N) is 1. The van der Waals surface area contributed by atoms with E-state index in [4.69, 9.17) is 5.11 Å². The summed E-state index contributed by atoms with van der Waals surface area (Å²) in [6.07, 6.45) is 1.01. The molecule has 0 saturated heterocycles. The van der Waals surface area contributed by atoms with Crippen LogP contribution in [-0.4, -0.2) is 60.4 Å². The van der Waals surface area contributed by atoms with Crippen LogP contribution in [0.15, 0.2) is 0 Å². The summed E-state index contributed by atoms with van der Waals surface area (Å²) in [6.45, 7) is 6.25. The molecular formula is C12H24N6O. The SMILES string of the molecule is CCCNc1nc(N(C)C)nc(N(CC)CCO)n1. The molecule has 0 aromatic carbocycles. The van der Waals surface area contributed by atoms with Crippen molar-refractivity contribution in [1.82, 2.24) is 15.0 Å². The van der Waals surface area contributed by atoms with E-state index < -0.39 is 0 Å². The Labute approximate surface area is 114 Å². The standard InChI is InChI=1S/C12H24N6O/c1-5-7-13-10-14-11(17(3)4)16-12(15-10)18(6-2)8-9-19/h19H,5-9H2,1-4H3,(H,13,14,15,16). The van der Waals surface area contributed by atoms with Crippen molar-refractivity contribution >= 4 is 17.8 Å². The van der Waals surface area contributed by atoms with Crippen molar-refractivity contribution < 1.29 is 5.11 Å². The lowest BCUT2D eigenvalue weighted by Crippen LogP contribution is -2.29. The van der Waals surface area contributed by atoms with Gasteiger partial charge in [0, 0.05) is 33.7 Å². The summed E-state index contributed by atoms with van der Waals surface area (Å²) in [4.78, 5) is 16.9. The van der Waals surface area contributed by atoms with Gasteiger partial charge in [0.1, 0.15) is 0 Å². The highest BCUT2D eigenvalue weighted by molar-refractivity contribution is 5.44. The lowest BCUT2D eigenvalue weighted by Gasteiger charge is -2.21. The molecule has 0 aliphatic rings. The molecule has 7 heteroatoms. The van der Waals surface area contributed by atoms with E-state index in [0.717, 1.165) is 19.5 Å². The van der Waals surface area contributed by atoms with Gasteiger partial charge in [-0.2, -0.15) is 15.0 Å². The second kappa shape index (κ2) is 7.73. The monoisotopic (exact) mass is 268 g/mol. The minimum absolute atomic E-state index is 0.0779. The number of aliphatic hydroxyl groups excluding tert-OH is 1. The maximum Gasteiger partial charge on any atom is 0.232 e. The Bertz CT molecular complexity index is 384. The van der Waals surface area contributed by atoms with Crippen LogP contribution in [0.4, 0.5) is 17.8 Å². The molecule has 19 heavy (non-hydrogen) atoms. The van der Waals surface area contributed by atoms with Crippen LogP contribution >= 0.6 is 0 Å². The number of likely N-dealkylation sites (N-methyl/N-ethyl adjacent to an activating group) is 1. The molecule has 0 unspecified atom stereocenters. The fourth-order valence-corrected chi connectivity index (χ4v) is 1.53. The smallest absolute Gasteiger partial charge is 0.232 e. The Morgan fingerprint density at radius 2 is 1.79 bits per heavy atom. The Balaban J connectivity index is 3.03. The number of hydrogen-bond acceptors (Lipinski definition) is 7. The molecular weight excluding hydrogens is 244 g/mol. The van der Waals surface area contributed by atoms with Gasteiger partial charge in [-0.05, 0) is 13.3 Å². The number of aromatic nitrogens is 3. The number of hydrogen-bond donors (Lipinski definition) is 2. The molecule has 0 amide bonds. The third-order valence-corrected chi connectivity index (χ3v) is 2.58. The zero-order valence-corrected chi connectivity index (χ0v) is 12.2. The molecule has 1 rings (SSSR count). The zero-order valence-electron chi connectivity index (χ0n) is 12.2. The predicted molar refractivity (Wildman–Crippen MR) is 77.9 cm³/mol. The van der Waals surface area contributed by atoms with Crippen LogP contribution in [0, 0.1) is 0 Å². The summed E-state index contributed by atoms with van der Waals surface area (Å²) in [5.41, 5.74) is 0. The van der Waals surface area contributed by atoms with E-state index in [1.165, 1.54) is 0 Å². The first-order chi connectivity index (χ1) is 9.12. The average molecular weight is 268 g/mol. The highest BCUT2D eigenvalue weighted by Crippen LogP contribution is 2.14. The fraction of sp³-hybridized carbons (Fsp3) is 0.750. The summed E-state index contributed by atoms with van der Waals surface area (Å²) in [7, 11) is 3.79. The van der Waals surface area contributed by atoms with Crippen molar-refractivity contribution in [2.45, 2.75) is 20.3 Å². The minimum atomic E-state index is 0.0779. The lowest BCUT2D eigenvalue weighted by atomic mass is 10.5. The molecule has 1 aromatic heterocycles. The van der Waals surface area contributed by atoms with Crippen molar-refractivity contribution in [3.8, 4) is 0 Å². The topological polar surface area (TPSA) is 77.4 Å². The first kappa shape index (κ1) is 15.4. The third kappa shape index (κ3) is 4.51. The van der Waals surface area contributed by atoms with Gasteiger partial charge >= 0.3 is 0 Å². The summed E-state index contributed by atoms with van der Waals surface area (Å²) in [6, 6.07) is 0. The first-order valence-corrected chi connectivity index (χ1v) is 6.65. The van der Waals surface area contributed by atoms with Crippen molar-refractivity contribution in [2.75, 3.05) is 55.5 Å². The van der Waals surface area contributed by atoms with Gasteiger partial charge in [-0.25, -0.2) is 0 Å². The molecule has 0 atom stereocenters. The molecule has 2 N–H and O–H groups in total. The van der Waals surface area contributed by atoms with Gasteiger partial charge in [-0.1, -0.05) is 6.92 Å². The van der Waals surface area contributed by atoms with Crippen LogP contribution in [0.5, 0.6) is 0 Å². The van der Waals surface area contributed by atoms with E-state index in [0.29, 0.717) is 24.4 Å². The Morgan fingerprint density at radius 1 is 1.11 bits per heavy atom.